The van der Waals surface area contributed by atoms with Crippen molar-refractivity contribution in [2.24, 2.45) is 0 Å². The van der Waals surface area contributed by atoms with Crippen LogP contribution in [0.4, 0.5) is 5.95 Å². The van der Waals surface area contributed by atoms with E-state index in [-0.39, 0.29) is 12.1 Å². The third-order valence-electron chi connectivity index (χ3n) is 4.38. The number of hydrogen-bond acceptors (Lipinski definition) is 6. The Morgan fingerprint density at radius 1 is 1.22 bits per heavy atom. The molecule has 1 fully saturated rings. The first-order valence-corrected chi connectivity index (χ1v) is 8.21. The van der Waals surface area contributed by atoms with Gasteiger partial charge in [0.25, 0.3) is 0 Å². The number of nitrogens with zero attached hydrogens (tertiary/aromatic N) is 5. The molecule has 1 aliphatic heterocycles. The molecule has 0 bridgehead atoms. The van der Waals surface area contributed by atoms with E-state index < -0.39 is 0 Å². The average molecular weight is 313 g/mol. The maximum atomic E-state index is 5.94. The van der Waals surface area contributed by atoms with E-state index in [1.54, 1.807) is 6.20 Å². The van der Waals surface area contributed by atoms with Crippen molar-refractivity contribution in [3.63, 3.8) is 0 Å². The number of likely N-dealkylation sites (N-methyl/N-ethyl adjacent to an activating group) is 1. The molecule has 1 saturated heterocycles. The molecule has 0 N–H and O–H groups in total. The van der Waals surface area contributed by atoms with Crippen LogP contribution in [0.1, 0.15) is 43.3 Å². The molecule has 2 aromatic rings. The van der Waals surface area contributed by atoms with Crippen molar-refractivity contribution >= 4 is 5.95 Å². The van der Waals surface area contributed by atoms with Crippen molar-refractivity contribution in [3.8, 4) is 0 Å². The maximum absolute atomic E-state index is 5.94. The highest BCUT2D eigenvalue weighted by Crippen LogP contribution is 2.33. The van der Waals surface area contributed by atoms with Crippen LogP contribution in [-0.2, 0) is 17.6 Å². The molecule has 6 nitrogen and oxygen atoms in total. The van der Waals surface area contributed by atoms with Crippen molar-refractivity contribution in [1.29, 1.82) is 0 Å². The Morgan fingerprint density at radius 3 is 2.74 bits per heavy atom. The monoisotopic (exact) mass is 313 g/mol. The van der Waals surface area contributed by atoms with Crippen LogP contribution in [0.5, 0.6) is 0 Å². The van der Waals surface area contributed by atoms with Gasteiger partial charge in [-0.05, 0) is 25.3 Å². The van der Waals surface area contributed by atoms with Gasteiger partial charge in [0.05, 0.1) is 17.4 Å². The van der Waals surface area contributed by atoms with Crippen LogP contribution in [0.25, 0.3) is 0 Å². The number of hydrogen-bond donors (Lipinski definition) is 0. The van der Waals surface area contributed by atoms with Crippen LogP contribution in [0, 0.1) is 0 Å². The highest BCUT2D eigenvalue weighted by molar-refractivity contribution is 5.33. The van der Waals surface area contributed by atoms with Crippen LogP contribution >= 0.6 is 0 Å². The predicted octanol–water partition coefficient (Wildman–Crippen LogP) is 2.36. The molecule has 1 aliphatic rings. The van der Waals surface area contributed by atoms with Crippen LogP contribution in [0.15, 0.2) is 24.5 Å². The molecule has 3 rings (SSSR count). The molecule has 122 valence electrons. The minimum absolute atomic E-state index is 0.00627. The van der Waals surface area contributed by atoms with Gasteiger partial charge < -0.3 is 9.64 Å². The van der Waals surface area contributed by atoms with Gasteiger partial charge in [-0.1, -0.05) is 19.9 Å². The number of anilines is 1. The van der Waals surface area contributed by atoms with Gasteiger partial charge in [-0.3, -0.25) is 4.98 Å². The average Bonchev–Trinajstić information content (AvgIpc) is 3.11. The number of pyridine rings is 1. The lowest BCUT2D eigenvalue weighted by atomic mass is 10.0. The highest BCUT2D eigenvalue weighted by Gasteiger charge is 2.34. The molecule has 0 aromatic carbocycles. The summed E-state index contributed by atoms with van der Waals surface area (Å²) in [4.78, 5) is 11.0. The quantitative estimate of drug-likeness (QED) is 0.844. The minimum Gasteiger partial charge on any atom is -0.371 e. The summed E-state index contributed by atoms with van der Waals surface area (Å²) >= 11 is 0. The fourth-order valence-corrected chi connectivity index (χ4v) is 3.06. The second-order valence-corrected chi connectivity index (χ2v) is 5.76. The largest absolute Gasteiger partial charge is 0.371 e. The molecular weight excluding hydrogens is 290 g/mol. The molecule has 0 unspecified atom stereocenters. The van der Waals surface area contributed by atoms with E-state index in [1.807, 2.05) is 19.3 Å². The van der Waals surface area contributed by atoms with Crippen LogP contribution < -0.4 is 4.90 Å². The number of rotatable bonds is 5. The van der Waals surface area contributed by atoms with E-state index in [0.717, 1.165) is 42.8 Å². The Kier molecular flexibility index (Phi) is 4.81. The lowest BCUT2D eigenvalue weighted by Gasteiger charge is -2.28. The van der Waals surface area contributed by atoms with Crippen molar-refractivity contribution in [1.82, 2.24) is 20.2 Å². The van der Waals surface area contributed by atoms with E-state index in [4.69, 9.17) is 9.72 Å². The lowest BCUT2D eigenvalue weighted by molar-refractivity contribution is 0.104. The zero-order valence-corrected chi connectivity index (χ0v) is 13.9. The SMILES string of the molecule is CCc1nnc(N(C)[C@H]2CCO[C@@H]2c2cccnc2)nc1CC. The molecule has 2 atom stereocenters. The Morgan fingerprint density at radius 2 is 2.04 bits per heavy atom. The third-order valence-corrected chi connectivity index (χ3v) is 4.38. The van der Waals surface area contributed by atoms with Gasteiger partial charge in [0.1, 0.15) is 6.10 Å². The highest BCUT2D eigenvalue weighted by atomic mass is 16.5. The smallest absolute Gasteiger partial charge is 0.245 e. The maximum Gasteiger partial charge on any atom is 0.245 e. The minimum atomic E-state index is -0.00627. The summed E-state index contributed by atoms with van der Waals surface area (Å²) in [5, 5.41) is 8.68. The molecular formula is C17H23N5O. The summed E-state index contributed by atoms with van der Waals surface area (Å²) in [5.41, 5.74) is 3.10. The summed E-state index contributed by atoms with van der Waals surface area (Å²) in [5.74, 6) is 0.670. The van der Waals surface area contributed by atoms with Crippen LogP contribution in [-0.4, -0.2) is 39.9 Å². The first-order chi connectivity index (χ1) is 11.2. The second kappa shape index (κ2) is 7.00. The van der Waals surface area contributed by atoms with E-state index in [1.165, 1.54) is 0 Å². The number of aromatic nitrogens is 4. The second-order valence-electron chi connectivity index (χ2n) is 5.76. The topological polar surface area (TPSA) is 64.0 Å². The Hall–Kier alpha value is -2.08. The van der Waals surface area contributed by atoms with Crippen LogP contribution in [0.3, 0.4) is 0 Å². The van der Waals surface area contributed by atoms with Gasteiger partial charge in [0.15, 0.2) is 0 Å². The number of aryl methyl sites for hydroxylation is 2. The standard InChI is InChI=1S/C17H23N5O/c1-4-13-14(5-2)20-21-17(19-13)22(3)15-8-10-23-16(15)12-7-6-9-18-11-12/h6-7,9,11,15-16H,4-5,8,10H2,1-3H3/t15-,16+/m0/s1. The fraction of sp³-hybridized carbons (Fsp3) is 0.529. The van der Waals surface area contributed by atoms with Gasteiger partial charge >= 0.3 is 0 Å². The van der Waals surface area contributed by atoms with Crippen molar-refractivity contribution in [2.75, 3.05) is 18.6 Å². The molecule has 23 heavy (non-hydrogen) atoms. The zero-order chi connectivity index (χ0) is 16.2. The van der Waals surface area contributed by atoms with Crippen LogP contribution in [0.2, 0.25) is 0 Å². The third kappa shape index (κ3) is 3.17. The molecule has 0 aliphatic carbocycles. The summed E-state index contributed by atoms with van der Waals surface area (Å²) in [6, 6.07) is 4.19. The van der Waals surface area contributed by atoms with Gasteiger partial charge in [0, 0.05) is 31.6 Å². The van der Waals surface area contributed by atoms with E-state index in [0.29, 0.717) is 5.95 Å². The van der Waals surface area contributed by atoms with Gasteiger partial charge in [-0.15, -0.1) is 5.10 Å². The summed E-state index contributed by atoms with van der Waals surface area (Å²) in [6.45, 7) is 4.91. The molecule has 0 amide bonds. The summed E-state index contributed by atoms with van der Waals surface area (Å²) < 4.78 is 5.94. The van der Waals surface area contributed by atoms with Gasteiger partial charge in [0.2, 0.25) is 5.95 Å². The van der Waals surface area contributed by atoms with E-state index in [9.17, 15) is 0 Å². The Balaban J connectivity index is 1.86. The molecule has 3 heterocycles. The number of ether oxygens (including phenoxy) is 1. The zero-order valence-electron chi connectivity index (χ0n) is 13.9. The Labute approximate surface area is 136 Å². The van der Waals surface area contributed by atoms with E-state index >= 15 is 0 Å². The summed E-state index contributed by atoms with van der Waals surface area (Å²) in [7, 11) is 2.02. The molecule has 2 aromatic heterocycles. The molecule has 0 radical (unpaired) electrons. The van der Waals surface area contributed by atoms with Gasteiger partial charge in [-0.2, -0.15) is 5.10 Å². The first-order valence-electron chi connectivity index (χ1n) is 8.21. The molecule has 0 saturated carbocycles. The molecule has 6 heteroatoms. The van der Waals surface area contributed by atoms with Crippen molar-refractivity contribution in [3.05, 3.63) is 41.5 Å². The van der Waals surface area contributed by atoms with E-state index in [2.05, 4.69) is 40.0 Å². The van der Waals surface area contributed by atoms with Gasteiger partial charge in [-0.25, -0.2) is 4.98 Å². The molecule has 0 spiro atoms. The lowest BCUT2D eigenvalue weighted by Crippen LogP contribution is -2.35. The predicted molar refractivity (Wildman–Crippen MR) is 88.3 cm³/mol. The normalized spacial score (nSPS) is 20.7. The first kappa shape index (κ1) is 15.8. The fourth-order valence-electron chi connectivity index (χ4n) is 3.06. The van der Waals surface area contributed by atoms with Crippen molar-refractivity contribution < 1.29 is 4.74 Å². The van der Waals surface area contributed by atoms with Crippen molar-refractivity contribution in [2.45, 2.75) is 45.3 Å². The Bertz CT molecular complexity index is 649. The summed E-state index contributed by atoms with van der Waals surface area (Å²) in [6.07, 6.45) is 6.31.